The summed E-state index contributed by atoms with van der Waals surface area (Å²) in [6.45, 7) is 22.3. The maximum Gasteiger partial charge on any atom is 0.410 e. The smallest absolute Gasteiger partial charge is 0.410 e. The first kappa shape index (κ1) is 57.5. The molecule has 0 saturated carbocycles. The van der Waals surface area contributed by atoms with Gasteiger partial charge >= 0.3 is 6.09 Å². The van der Waals surface area contributed by atoms with Crippen LogP contribution in [0, 0.1) is 0 Å². The molecule has 0 aliphatic carbocycles. The van der Waals surface area contributed by atoms with E-state index in [0.29, 0.717) is 38.4 Å². The van der Waals surface area contributed by atoms with Crippen LogP contribution in [0.15, 0.2) is 122 Å². The fourth-order valence-electron chi connectivity index (χ4n) is 10.9. The molecule has 21 heteroatoms. The van der Waals surface area contributed by atoms with Crippen molar-refractivity contribution in [3.63, 3.8) is 0 Å². The molecule has 20 nitrogen and oxygen atoms in total. The highest BCUT2D eigenvalue weighted by Gasteiger charge is 2.27. The second-order valence-corrected chi connectivity index (χ2v) is 22.3. The predicted molar refractivity (Wildman–Crippen MR) is 326 cm³/mol. The van der Waals surface area contributed by atoms with E-state index >= 15 is 0 Å². The summed E-state index contributed by atoms with van der Waals surface area (Å²) >= 11 is 0. The van der Waals surface area contributed by atoms with Crippen LogP contribution >= 0.6 is 12.4 Å². The van der Waals surface area contributed by atoms with Crippen LogP contribution < -0.4 is 35.2 Å². The zero-order valence-electron chi connectivity index (χ0n) is 47.8. The average molecular weight is 1130 g/mol. The van der Waals surface area contributed by atoms with Crippen LogP contribution in [0.2, 0.25) is 0 Å². The molecule has 2 atom stereocenters. The first-order valence-corrected chi connectivity index (χ1v) is 28.7. The third-order valence-corrected chi connectivity index (χ3v) is 15.3. The summed E-state index contributed by atoms with van der Waals surface area (Å²) in [5.74, 6) is 5.20. The summed E-state index contributed by atoms with van der Waals surface area (Å²) in [6, 6.07) is 33.4. The highest BCUT2D eigenvalue weighted by molar-refractivity contribution is 5.85. The number of piperazine rings is 2. The molecule has 10 heterocycles. The van der Waals surface area contributed by atoms with Gasteiger partial charge in [-0.05, 0) is 121 Å². The molecule has 2 aromatic carbocycles. The minimum Gasteiger partial charge on any atom is -0.492 e. The molecule has 2 unspecified atom stereocenters. The molecule has 4 aliphatic rings. The lowest BCUT2D eigenvalue weighted by Gasteiger charge is -2.35. The van der Waals surface area contributed by atoms with Gasteiger partial charge in [0.05, 0.1) is 22.8 Å². The third-order valence-electron chi connectivity index (χ3n) is 15.3. The Balaban J connectivity index is 0.000000184. The number of fused-ring (bicyclic) bond motifs is 2. The molecule has 8 aromatic rings. The van der Waals surface area contributed by atoms with E-state index in [2.05, 4.69) is 89.7 Å². The summed E-state index contributed by atoms with van der Waals surface area (Å²) in [6.07, 6.45) is 11.8. The van der Waals surface area contributed by atoms with Crippen molar-refractivity contribution in [3.05, 3.63) is 122 Å². The Bertz CT molecular complexity index is 3390. The minimum absolute atomic E-state index is 0. The normalized spacial score (nSPS) is 17.8. The lowest BCUT2D eigenvalue weighted by atomic mass is 10.1. The molecule has 0 spiro atoms. The van der Waals surface area contributed by atoms with Crippen molar-refractivity contribution in [3.8, 4) is 34.0 Å². The van der Waals surface area contributed by atoms with E-state index in [9.17, 15) is 4.79 Å². The van der Waals surface area contributed by atoms with E-state index in [1.54, 1.807) is 21.8 Å². The van der Waals surface area contributed by atoms with Crippen molar-refractivity contribution in [2.24, 2.45) is 0 Å². The fourth-order valence-corrected chi connectivity index (χ4v) is 10.9. The van der Waals surface area contributed by atoms with Crippen LogP contribution in [-0.4, -0.2) is 169 Å². The van der Waals surface area contributed by atoms with Gasteiger partial charge in [-0.25, -0.2) is 33.8 Å². The molecule has 82 heavy (non-hydrogen) atoms. The average Bonchev–Trinajstić information content (AvgIpc) is 4.35. The summed E-state index contributed by atoms with van der Waals surface area (Å²) in [7, 11) is 0. The van der Waals surface area contributed by atoms with Gasteiger partial charge in [-0.1, -0.05) is 36.4 Å². The van der Waals surface area contributed by atoms with Gasteiger partial charge in [0.2, 0.25) is 0 Å². The SMILES string of the molecule is CC1CCCN1c1cccc(Nc2cc(-c3cccc(OCCN4CCN(C(=O)OC(C)(C)C)CC4)c3)nn3ccnc23)n1.CC1CCCN1c1cccc(Nc2cc(-c3cccc(OCCN4CCNCC4)c3)nn3ccnc23)n1.Cl. The predicted octanol–water partition coefficient (Wildman–Crippen LogP) is 9.68. The largest absolute Gasteiger partial charge is 0.492 e. The number of carbonyl (C=O) groups is 1. The monoisotopic (exact) mass is 1130 g/mol. The van der Waals surface area contributed by atoms with Gasteiger partial charge in [0.15, 0.2) is 11.3 Å². The Morgan fingerprint density at radius 3 is 1.55 bits per heavy atom. The van der Waals surface area contributed by atoms with Gasteiger partial charge in [-0.15, -0.1) is 12.4 Å². The number of carbonyl (C=O) groups excluding carboxylic acids is 1. The molecular formula is C61H77ClN16O4. The van der Waals surface area contributed by atoms with Gasteiger partial charge in [-0.2, -0.15) is 10.2 Å². The Kier molecular flexibility index (Phi) is 18.5. The summed E-state index contributed by atoms with van der Waals surface area (Å²) in [5, 5.41) is 20.0. The number of benzene rings is 2. The van der Waals surface area contributed by atoms with Crippen LogP contribution in [-0.2, 0) is 4.74 Å². The molecule has 4 saturated heterocycles. The van der Waals surface area contributed by atoms with Gasteiger partial charge in [0.25, 0.3) is 0 Å². The maximum absolute atomic E-state index is 12.4. The van der Waals surface area contributed by atoms with Crippen LogP contribution in [0.25, 0.3) is 33.8 Å². The highest BCUT2D eigenvalue weighted by Crippen LogP contribution is 2.32. The van der Waals surface area contributed by atoms with E-state index in [0.717, 1.165) is 145 Å². The van der Waals surface area contributed by atoms with Crippen molar-refractivity contribution in [2.75, 3.05) is 112 Å². The summed E-state index contributed by atoms with van der Waals surface area (Å²) in [4.78, 5) is 42.5. The number of imidazole rings is 2. The van der Waals surface area contributed by atoms with E-state index in [1.807, 2.05) is 104 Å². The number of ether oxygens (including phenoxy) is 3. The quantitative estimate of drug-likeness (QED) is 0.0830. The Labute approximate surface area is 486 Å². The molecule has 4 fully saturated rings. The summed E-state index contributed by atoms with van der Waals surface area (Å²) < 4.78 is 21.4. The number of nitrogens with one attached hydrogen (secondary N) is 3. The molecule has 0 radical (unpaired) electrons. The number of hydrogen-bond donors (Lipinski definition) is 3. The number of rotatable bonds is 16. The van der Waals surface area contributed by atoms with Crippen molar-refractivity contribution in [2.45, 2.75) is 78.0 Å². The number of pyridine rings is 2. The van der Waals surface area contributed by atoms with Crippen LogP contribution in [0.5, 0.6) is 11.5 Å². The van der Waals surface area contributed by atoms with Gasteiger partial charge < -0.3 is 44.9 Å². The summed E-state index contributed by atoms with van der Waals surface area (Å²) in [5.41, 5.74) is 6.27. The number of hydrogen-bond acceptors (Lipinski definition) is 17. The van der Waals surface area contributed by atoms with Gasteiger partial charge in [0, 0.05) is 127 Å². The van der Waals surface area contributed by atoms with E-state index in [1.165, 1.54) is 25.7 Å². The number of amides is 1. The zero-order valence-corrected chi connectivity index (χ0v) is 48.6. The highest BCUT2D eigenvalue weighted by atomic mass is 35.5. The number of anilines is 6. The van der Waals surface area contributed by atoms with E-state index in [-0.39, 0.29) is 18.5 Å². The lowest BCUT2D eigenvalue weighted by Crippen LogP contribution is -2.50. The van der Waals surface area contributed by atoms with Crippen molar-refractivity contribution < 1.29 is 19.0 Å². The van der Waals surface area contributed by atoms with Crippen LogP contribution in [0.1, 0.15) is 60.3 Å². The maximum atomic E-state index is 12.4. The van der Waals surface area contributed by atoms with E-state index < -0.39 is 5.60 Å². The van der Waals surface area contributed by atoms with Crippen LogP contribution in [0.3, 0.4) is 0 Å². The van der Waals surface area contributed by atoms with Crippen LogP contribution in [0.4, 0.5) is 39.4 Å². The molecular weight excluding hydrogens is 1060 g/mol. The number of halogens is 1. The molecule has 3 N–H and O–H groups in total. The zero-order chi connectivity index (χ0) is 55.7. The molecule has 0 bridgehead atoms. The number of aromatic nitrogens is 8. The molecule has 6 aromatic heterocycles. The Morgan fingerprint density at radius 1 is 0.610 bits per heavy atom. The Hall–Kier alpha value is -7.78. The van der Waals surface area contributed by atoms with Crippen molar-refractivity contribution >= 4 is 64.4 Å². The number of nitrogens with zero attached hydrogens (tertiary/aromatic N) is 13. The van der Waals surface area contributed by atoms with Crippen molar-refractivity contribution in [1.29, 1.82) is 0 Å². The van der Waals surface area contributed by atoms with Crippen molar-refractivity contribution in [1.82, 2.24) is 59.2 Å². The Morgan fingerprint density at radius 2 is 1.09 bits per heavy atom. The standard InChI is InChI=1S/C33H42N8O3.C28H34N8O.ClH/c1-24-8-7-14-40(24)30-12-6-11-29(36-30)35-28-23-27(37-41-15-13-34-31(28)41)25-9-5-10-26(22-25)43-21-20-38-16-18-39(19-17-38)32(42)44-33(2,3)4;1-21-5-4-13-35(21)27-9-3-8-26(32-27)31-25-20-24(33-36-16-12-30-28(25)36)22-6-2-7-23(19-22)37-18-17-34-14-10-29-11-15-34;/h5-6,9-13,15,22-24H,7-8,14,16-21H2,1-4H3,(H,35,36);2-3,6-9,12,16,19-21,29H,4-5,10-11,13-15,17-18H2,1H3,(H,31,32);1H. The molecule has 1 amide bonds. The van der Waals surface area contributed by atoms with Gasteiger partial charge in [-0.3, -0.25) is 9.80 Å². The topological polar surface area (TPSA) is 183 Å². The van der Waals surface area contributed by atoms with E-state index in [4.69, 9.17) is 34.4 Å². The van der Waals surface area contributed by atoms with Gasteiger partial charge in [0.1, 0.15) is 53.6 Å². The minimum atomic E-state index is -0.482. The molecule has 4 aliphatic heterocycles. The second-order valence-electron chi connectivity index (χ2n) is 22.3. The molecule has 12 rings (SSSR count). The first-order valence-electron chi connectivity index (χ1n) is 28.7. The lowest BCUT2D eigenvalue weighted by molar-refractivity contribution is 0.0137. The third kappa shape index (κ3) is 14.4. The fraction of sp³-hybridized carbons (Fsp3) is 0.426. The second kappa shape index (κ2) is 26.4. The first-order chi connectivity index (χ1) is 39.4. The molecule has 432 valence electrons.